The van der Waals surface area contributed by atoms with Crippen LogP contribution in [0.4, 0.5) is 5.69 Å². The molecule has 7 heteroatoms. The first kappa shape index (κ1) is 20.3. The predicted octanol–water partition coefficient (Wildman–Crippen LogP) is 3.89. The highest BCUT2D eigenvalue weighted by atomic mass is 32.1. The number of aryl methyl sites for hydroxylation is 1. The number of thiophene rings is 1. The van der Waals surface area contributed by atoms with E-state index >= 15 is 0 Å². The van der Waals surface area contributed by atoms with Crippen LogP contribution in [0.15, 0.2) is 66.0 Å². The molecule has 29 heavy (non-hydrogen) atoms. The van der Waals surface area contributed by atoms with Crippen molar-refractivity contribution in [2.75, 3.05) is 12.4 Å². The fraction of sp³-hybridized carbons (Fsp3) is 0.136. The van der Waals surface area contributed by atoms with E-state index in [2.05, 4.69) is 10.6 Å². The number of carbonyl (C=O) groups is 3. The summed E-state index contributed by atoms with van der Waals surface area (Å²) in [5, 5.41) is 7.50. The van der Waals surface area contributed by atoms with Gasteiger partial charge in [-0.1, -0.05) is 48.0 Å². The number of ether oxygens (including phenoxy) is 1. The Labute approximate surface area is 172 Å². The molecule has 3 aromatic rings. The van der Waals surface area contributed by atoms with Crippen LogP contribution in [-0.2, 0) is 4.74 Å². The highest BCUT2D eigenvalue weighted by molar-refractivity contribution is 7.12. The molecule has 0 bridgehead atoms. The Balaban J connectivity index is 1.92. The van der Waals surface area contributed by atoms with Crippen LogP contribution < -0.4 is 10.6 Å². The van der Waals surface area contributed by atoms with Crippen molar-refractivity contribution in [1.82, 2.24) is 5.32 Å². The maximum Gasteiger partial charge on any atom is 0.339 e. The van der Waals surface area contributed by atoms with E-state index < -0.39 is 12.1 Å². The summed E-state index contributed by atoms with van der Waals surface area (Å²) in [5.41, 5.74) is 2.11. The Hall–Kier alpha value is -3.45. The van der Waals surface area contributed by atoms with Crippen molar-refractivity contribution in [3.05, 3.63) is 87.6 Å². The van der Waals surface area contributed by atoms with E-state index in [1.165, 1.54) is 18.4 Å². The molecule has 148 valence electrons. The van der Waals surface area contributed by atoms with Crippen LogP contribution in [0, 0.1) is 6.92 Å². The number of esters is 1. The number of anilines is 1. The number of hydrogen-bond donors (Lipinski definition) is 2. The molecule has 0 radical (unpaired) electrons. The van der Waals surface area contributed by atoms with Gasteiger partial charge < -0.3 is 15.4 Å². The third-order valence-electron chi connectivity index (χ3n) is 4.25. The summed E-state index contributed by atoms with van der Waals surface area (Å²) in [5.74, 6) is -1.25. The van der Waals surface area contributed by atoms with E-state index in [-0.39, 0.29) is 17.3 Å². The topological polar surface area (TPSA) is 84.5 Å². The van der Waals surface area contributed by atoms with Gasteiger partial charge in [0, 0.05) is 5.56 Å². The Kier molecular flexibility index (Phi) is 6.41. The predicted molar refractivity (Wildman–Crippen MR) is 112 cm³/mol. The van der Waals surface area contributed by atoms with E-state index in [0.29, 0.717) is 16.1 Å². The number of para-hydroxylation sites is 1. The van der Waals surface area contributed by atoms with Gasteiger partial charge in [0.2, 0.25) is 5.78 Å². The van der Waals surface area contributed by atoms with Gasteiger partial charge in [0.05, 0.1) is 23.2 Å². The van der Waals surface area contributed by atoms with Gasteiger partial charge in [-0.3, -0.25) is 9.59 Å². The first-order chi connectivity index (χ1) is 14.0. The number of ketones is 1. The molecular weight excluding hydrogens is 388 g/mol. The molecule has 1 amide bonds. The monoisotopic (exact) mass is 408 g/mol. The molecule has 0 fully saturated rings. The highest BCUT2D eigenvalue weighted by Gasteiger charge is 2.25. The fourth-order valence-electron chi connectivity index (χ4n) is 2.71. The molecule has 0 aliphatic rings. The first-order valence-corrected chi connectivity index (χ1v) is 9.76. The van der Waals surface area contributed by atoms with Crippen molar-refractivity contribution in [3.63, 3.8) is 0 Å². The smallest absolute Gasteiger partial charge is 0.339 e. The van der Waals surface area contributed by atoms with Crippen LogP contribution in [0.3, 0.4) is 0 Å². The zero-order valence-corrected chi connectivity index (χ0v) is 16.8. The van der Waals surface area contributed by atoms with Crippen molar-refractivity contribution < 1.29 is 19.1 Å². The lowest BCUT2D eigenvalue weighted by molar-refractivity contribution is 0.0601. The van der Waals surface area contributed by atoms with Gasteiger partial charge in [0.1, 0.15) is 0 Å². The molecule has 2 aromatic carbocycles. The van der Waals surface area contributed by atoms with Crippen LogP contribution in [0.5, 0.6) is 0 Å². The van der Waals surface area contributed by atoms with E-state index in [4.69, 9.17) is 4.74 Å². The summed E-state index contributed by atoms with van der Waals surface area (Å²) in [7, 11) is 1.28. The second-order valence-corrected chi connectivity index (χ2v) is 7.24. The number of methoxy groups -OCH3 is 1. The van der Waals surface area contributed by atoms with Gasteiger partial charge in [0.25, 0.3) is 5.91 Å². The van der Waals surface area contributed by atoms with Crippen molar-refractivity contribution in [2.24, 2.45) is 0 Å². The summed E-state index contributed by atoms with van der Waals surface area (Å²) >= 11 is 1.28. The third kappa shape index (κ3) is 4.89. The average Bonchev–Trinajstić information content (AvgIpc) is 3.28. The summed E-state index contributed by atoms with van der Waals surface area (Å²) in [6, 6.07) is 17.2. The summed E-state index contributed by atoms with van der Waals surface area (Å²) in [6.45, 7) is 1.93. The minimum absolute atomic E-state index is 0.266. The summed E-state index contributed by atoms with van der Waals surface area (Å²) in [6.07, 6.45) is -1.07. The number of Topliss-reactive ketones (excluding diaryl/α,β-unsaturated/α-hetero) is 1. The van der Waals surface area contributed by atoms with Crippen molar-refractivity contribution >= 4 is 34.7 Å². The van der Waals surface area contributed by atoms with E-state index in [1.807, 2.05) is 19.1 Å². The average molecular weight is 408 g/mol. The molecule has 0 spiro atoms. The molecule has 1 aromatic heterocycles. The molecule has 0 aliphatic carbocycles. The normalized spacial score (nSPS) is 11.4. The van der Waals surface area contributed by atoms with Gasteiger partial charge >= 0.3 is 5.97 Å². The largest absolute Gasteiger partial charge is 0.465 e. The fourth-order valence-corrected chi connectivity index (χ4v) is 3.34. The van der Waals surface area contributed by atoms with Crippen LogP contribution >= 0.6 is 11.3 Å². The molecular formula is C22H20N2O4S. The lowest BCUT2D eigenvalue weighted by Crippen LogP contribution is -2.46. The molecule has 0 unspecified atom stereocenters. The standard InChI is InChI=1S/C22H20N2O4S/c1-14-9-11-15(12-10-14)19(25)20(24-21(26)18-8-5-13-29-18)23-17-7-4-3-6-16(17)22(27)28-2/h3-13,20,23H,1-2H3,(H,24,26)/t20-/m1/s1. The van der Waals surface area contributed by atoms with E-state index in [1.54, 1.807) is 53.9 Å². The quantitative estimate of drug-likeness (QED) is 0.352. The Morgan fingerprint density at radius 2 is 1.69 bits per heavy atom. The number of rotatable bonds is 7. The Bertz CT molecular complexity index is 1010. The van der Waals surface area contributed by atoms with Crippen LogP contribution in [-0.4, -0.2) is 30.9 Å². The molecule has 1 atom stereocenters. The molecule has 1 heterocycles. The lowest BCUT2D eigenvalue weighted by Gasteiger charge is -2.21. The van der Waals surface area contributed by atoms with Crippen LogP contribution in [0.25, 0.3) is 0 Å². The minimum Gasteiger partial charge on any atom is -0.465 e. The van der Waals surface area contributed by atoms with Gasteiger partial charge in [-0.2, -0.15) is 0 Å². The van der Waals surface area contributed by atoms with Crippen LogP contribution in [0.1, 0.15) is 36.0 Å². The van der Waals surface area contributed by atoms with Gasteiger partial charge in [-0.25, -0.2) is 4.79 Å². The van der Waals surface area contributed by atoms with Crippen molar-refractivity contribution in [1.29, 1.82) is 0 Å². The SMILES string of the molecule is COC(=O)c1ccccc1N[C@H](NC(=O)c1cccs1)C(=O)c1ccc(C)cc1. The van der Waals surface area contributed by atoms with Crippen molar-refractivity contribution in [3.8, 4) is 0 Å². The molecule has 3 rings (SSSR count). The Morgan fingerprint density at radius 1 is 0.966 bits per heavy atom. The number of benzene rings is 2. The molecule has 6 nitrogen and oxygen atoms in total. The summed E-state index contributed by atoms with van der Waals surface area (Å²) < 4.78 is 4.81. The minimum atomic E-state index is -1.07. The number of amides is 1. The highest BCUT2D eigenvalue weighted by Crippen LogP contribution is 2.19. The van der Waals surface area contributed by atoms with Gasteiger partial charge in [0.15, 0.2) is 6.17 Å². The first-order valence-electron chi connectivity index (χ1n) is 8.88. The molecule has 2 N–H and O–H groups in total. The lowest BCUT2D eigenvalue weighted by atomic mass is 10.1. The van der Waals surface area contributed by atoms with E-state index in [0.717, 1.165) is 5.56 Å². The number of carbonyl (C=O) groups excluding carboxylic acids is 3. The van der Waals surface area contributed by atoms with Crippen LogP contribution in [0.2, 0.25) is 0 Å². The molecule has 0 aliphatic heterocycles. The van der Waals surface area contributed by atoms with E-state index in [9.17, 15) is 14.4 Å². The maximum absolute atomic E-state index is 13.1. The van der Waals surface area contributed by atoms with Gasteiger partial charge in [-0.05, 0) is 30.5 Å². The van der Waals surface area contributed by atoms with Crippen molar-refractivity contribution in [2.45, 2.75) is 13.1 Å². The second kappa shape index (κ2) is 9.16. The second-order valence-electron chi connectivity index (χ2n) is 6.30. The zero-order valence-electron chi connectivity index (χ0n) is 16.0. The number of nitrogens with one attached hydrogen (secondary N) is 2. The molecule has 0 saturated heterocycles. The zero-order chi connectivity index (χ0) is 20.8. The Morgan fingerprint density at radius 3 is 2.34 bits per heavy atom. The number of hydrogen-bond acceptors (Lipinski definition) is 6. The molecule has 0 saturated carbocycles. The maximum atomic E-state index is 13.1. The third-order valence-corrected chi connectivity index (χ3v) is 5.12. The van der Waals surface area contributed by atoms with Gasteiger partial charge in [-0.15, -0.1) is 11.3 Å². The summed E-state index contributed by atoms with van der Waals surface area (Å²) in [4.78, 5) is 38.3.